The minimum absolute atomic E-state index is 0.437. The Morgan fingerprint density at radius 1 is 1.21 bits per heavy atom. The molecule has 1 aromatic heterocycles. The molecule has 98 valence electrons. The van der Waals surface area contributed by atoms with Crippen LogP contribution >= 0.6 is 11.3 Å². The van der Waals surface area contributed by atoms with Gasteiger partial charge >= 0.3 is 0 Å². The maximum absolute atomic E-state index is 13.0. The van der Waals surface area contributed by atoms with Gasteiger partial charge in [0.25, 0.3) is 0 Å². The highest BCUT2D eigenvalue weighted by molar-refractivity contribution is 7.17. The van der Waals surface area contributed by atoms with Gasteiger partial charge in [-0.3, -0.25) is 0 Å². The van der Waals surface area contributed by atoms with Crippen LogP contribution in [-0.4, -0.2) is 6.54 Å². The molecule has 19 heavy (non-hydrogen) atoms. The van der Waals surface area contributed by atoms with Crippen LogP contribution in [0.25, 0.3) is 0 Å². The van der Waals surface area contributed by atoms with Crippen molar-refractivity contribution < 1.29 is 8.78 Å². The summed E-state index contributed by atoms with van der Waals surface area (Å²) < 4.78 is 25.9. The number of nitrogen functional groups attached to an aromatic ring is 1. The molecule has 3 N–H and O–H groups in total. The Morgan fingerprint density at radius 2 is 1.89 bits per heavy atom. The van der Waals surface area contributed by atoms with Crippen LogP contribution in [0, 0.1) is 23.0 Å². The van der Waals surface area contributed by atoms with Crippen molar-refractivity contribution in [2.75, 3.05) is 17.6 Å². The first-order valence-electron chi connectivity index (χ1n) is 5.57. The zero-order valence-corrected chi connectivity index (χ0v) is 10.7. The largest absolute Gasteiger partial charge is 0.397 e. The van der Waals surface area contributed by atoms with Crippen LogP contribution in [0.2, 0.25) is 0 Å². The molecule has 0 unspecified atom stereocenters. The fourth-order valence-electron chi connectivity index (χ4n) is 1.66. The molecule has 0 radical (unpaired) electrons. The predicted octanol–water partition coefficient (Wildman–Crippen LogP) is 3.13. The Kier molecular flexibility index (Phi) is 3.97. The number of thiophene rings is 1. The van der Waals surface area contributed by atoms with E-state index in [0.717, 1.165) is 11.1 Å². The van der Waals surface area contributed by atoms with Gasteiger partial charge in [-0.15, -0.1) is 11.3 Å². The van der Waals surface area contributed by atoms with Gasteiger partial charge in [-0.25, -0.2) is 8.78 Å². The first-order chi connectivity index (χ1) is 9.08. The van der Waals surface area contributed by atoms with Crippen molar-refractivity contribution in [1.29, 1.82) is 5.26 Å². The molecule has 1 aromatic carbocycles. The van der Waals surface area contributed by atoms with E-state index in [1.54, 1.807) is 6.07 Å². The number of rotatable bonds is 4. The van der Waals surface area contributed by atoms with E-state index < -0.39 is 11.6 Å². The SMILES string of the molecule is N#Cc1sc(NCCc2cc(F)cc(F)c2)cc1N. The van der Waals surface area contributed by atoms with E-state index in [1.165, 1.54) is 23.5 Å². The molecule has 0 aliphatic rings. The smallest absolute Gasteiger partial charge is 0.129 e. The number of benzene rings is 1. The van der Waals surface area contributed by atoms with E-state index in [4.69, 9.17) is 11.0 Å². The fraction of sp³-hybridized carbons (Fsp3) is 0.154. The lowest BCUT2D eigenvalue weighted by Gasteiger charge is -2.04. The molecule has 1 heterocycles. The van der Waals surface area contributed by atoms with Crippen LogP contribution in [0.4, 0.5) is 19.5 Å². The molecular weight excluding hydrogens is 268 g/mol. The topological polar surface area (TPSA) is 61.8 Å². The molecule has 0 aliphatic carbocycles. The Morgan fingerprint density at radius 3 is 2.47 bits per heavy atom. The average molecular weight is 279 g/mol. The van der Waals surface area contributed by atoms with E-state index in [0.29, 0.717) is 29.1 Å². The summed E-state index contributed by atoms with van der Waals surface area (Å²) in [6.07, 6.45) is 0.481. The highest BCUT2D eigenvalue weighted by Gasteiger charge is 2.05. The van der Waals surface area contributed by atoms with Crippen LogP contribution in [0.5, 0.6) is 0 Å². The van der Waals surface area contributed by atoms with Crippen LogP contribution in [0.15, 0.2) is 24.3 Å². The van der Waals surface area contributed by atoms with E-state index in [9.17, 15) is 8.78 Å². The van der Waals surface area contributed by atoms with Crippen molar-refractivity contribution in [3.05, 3.63) is 46.3 Å². The molecule has 0 bridgehead atoms. The molecule has 0 amide bonds. The van der Waals surface area contributed by atoms with Crippen molar-refractivity contribution in [2.45, 2.75) is 6.42 Å². The Bertz CT molecular complexity index is 611. The third kappa shape index (κ3) is 3.42. The molecule has 2 rings (SSSR count). The summed E-state index contributed by atoms with van der Waals surface area (Å²) in [7, 11) is 0. The maximum Gasteiger partial charge on any atom is 0.129 e. The minimum atomic E-state index is -0.581. The zero-order valence-electron chi connectivity index (χ0n) is 9.91. The normalized spacial score (nSPS) is 10.2. The van der Waals surface area contributed by atoms with E-state index >= 15 is 0 Å². The molecule has 3 nitrogen and oxygen atoms in total. The first kappa shape index (κ1) is 13.3. The van der Waals surface area contributed by atoms with E-state index in [1.807, 2.05) is 6.07 Å². The molecule has 0 spiro atoms. The Labute approximate surface area is 113 Å². The summed E-state index contributed by atoms with van der Waals surface area (Å²) in [6.45, 7) is 0.508. The summed E-state index contributed by atoms with van der Waals surface area (Å²) in [5.41, 5.74) is 6.64. The second-order valence-corrected chi connectivity index (χ2v) is 5.01. The van der Waals surface area contributed by atoms with Crippen LogP contribution in [-0.2, 0) is 6.42 Å². The summed E-state index contributed by atoms with van der Waals surface area (Å²) in [5, 5.41) is 12.6. The van der Waals surface area contributed by atoms with Crippen molar-refractivity contribution >= 4 is 22.0 Å². The molecule has 0 atom stereocenters. The second-order valence-electron chi connectivity index (χ2n) is 3.96. The van der Waals surface area contributed by atoms with Crippen molar-refractivity contribution in [3.8, 4) is 6.07 Å². The lowest BCUT2D eigenvalue weighted by molar-refractivity contribution is 0.580. The van der Waals surface area contributed by atoms with Gasteiger partial charge in [-0.05, 0) is 30.2 Å². The number of nitriles is 1. The number of halogens is 2. The quantitative estimate of drug-likeness (QED) is 0.903. The number of nitrogens with zero attached hydrogens (tertiary/aromatic N) is 1. The van der Waals surface area contributed by atoms with Crippen LogP contribution in [0.3, 0.4) is 0 Å². The number of nitrogens with two attached hydrogens (primary N) is 1. The van der Waals surface area contributed by atoms with Crippen LogP contribution < -0.4 is 11.1 Å². The molecule has 6 heteroatoms. The van der Waals surface area contributed by atoms with Crippen molar-refractivity contribution in [2.24, 2.45) is 0 Å². The van der Waals surface area contributed by atoms with Crippen molar-refractivity contribution in [1.82, 2.24) is 0 Å². The summed E-state index contributed by atoms with van der Waals surface area (Å²) in [4.78, 5) is 0.458. The van der Waals surface area contributed by atoms with Gasteiger partial charge in [-0.1, -0.05) is 0 Å². The average Bonchev–Trinajstić information content (AvgIpc) is 2.68. The number of nitrogens with one attached hydrogen (secondary N) is 1. The molecule has 0 saturated heterocycles. The van der Waals surface area contributed by atoms with Gasteiger partial charge in [0.05, 0.1) is 10.7 Å². The molecule has 0 fully saturated rings. The number of anilines is 2. The number of hydrogen-bond donors (Lipinski definition) is 2. The van der Waals surface area contributed by atoms with Crippen LogP contribution in [0.1, 0.15) is 10.4 Å². The van der Waals surface area contributed by atoms with Gasteiger partial charge < -0.3 is 11.1 Å². The van der Waals surface area contributed by atoms with Gasteiger partial charge in [0, 0.05) is 12.6 Å². The Hall–Kier alpha value is -2.13. The van der Waals surface area contributed by atoms with Gasteiger partial charge in [0.2, 0.25) is 0 Å². The van der Waals surface area contributed by atoms with Gasteiger partial charge in [0.1, 0.15) is 22.6 Å². The fourth-order valence-corrected chi connectivity index (χ4v) is 2.47. The van der Waals surface area contributed by atoms with E-state index in [2.05, 4.69) is 5.32 Å². The predicted molar refractivity (Wildman–Crippen MR) is 72.0 cm³/mol. The lowest BCUT2D eigenvalue weighted by atomic mass is 10.1. The third-order valence-corrected chi connectivity index (χ3v) is 3.51. The summed E-state index contributed by atoms with van der Waals surface area (Å²) in [5.74, 6) is -1.16. The number of hydrogen-bond acceptors (Lipinski definition) is 4. The zero-order chi connectivity index (χ0) is 13.8. The van der Waals surface area contributed by atoms with Gasteiger partial charge in [0.15, 0.2) is 0 Å². The molecule has 2 aromatic rings. The minimum Gasteiger partial charge on any atom is -0.397 e. The highest BCUT2D eigenvalue weighted by Crippen LogP contribution is 2.28. The molecular formula is C13H11F2N3S. The van der Waals surface area contributed by atoms with E-state index in [-0.39, 0.29) is 0 Å². The molecule has 0 saturated carbocycles. The second kappa shape index (κ2) is 5.67. The maximum atomic E-state index is 13.0. The first-order valence-corrected chi connectivity index (χ1v) is 6.38. The highest BCUT2D eigenvalue weighted by atomic mass is 32.1. The summed E-state index contributed by atoms with van der Waals surface area (Å²) >= 11 is 1.26. The van der Waals surface area contributed by atoms with Gasteiger partial charge in [-0.2, -0.15) is 5.26 Å². The monoisotopic (exact) mass is 279 g/mol. The van der Waals surface area contributed by atoms with Crippen molar-refractivity contribution in [3.63, 3.8) is 0 Å². The summed E-state index contributed by atoms with van der Waals surface area (Å²) in [6, 6.07) is 7.11. The molecule has 0 aliphatic heterocycles. The standard InChI is InChI=1S/C13H11F2N3S/c14-9-3-8(4-10(15)5-9)1-2-18-13-6-11(17)12(7-16)19-13/h3-6,18H,1-2,17H2. The third-order valence-electron chi connectivity index (χ3n) is 2.50. The lowest BCUT2D eigenvalue weighted by Crippen LogP contribution is -2.04. The Balaban J connectivity index is 1.94.